The molecule has 0 saturated heterocycles. The molecule has 0 unspecified atom stereocenters. The second-order valence-corrected chi connectivity index (χ2v) is 6.60. The number of thioether (sulfide) groups is 1. The third-order valence-electron chi connectivity index (χ3n) is 3.59. The highest BCUT2D eigenvalue weighted by Crippen LogP contribution is 2.26. The molecule has 3 rings (SSSR count). The lowest BCUT2D eigenvalue weighted by Crippen LogP contribution is -1.95. The van der Waals surface area contributed by atoms with Crippen molar-refractivity contribution in [3.05, 3.63) is 65.0 Å². The van der Waals surface area contributed by atoms with Crippen molar-refractivity contribution in [2.24, 2.45) is 7.05 Å². The van der Waals surface area contributed by atoms with E-state index in [2.05, 4.69) is 42.2 Å². The van der Waals surface area contributed by atoms with Crippen LogP contribution in [0.2, 0.25) is 0 Å². The van der Waals surface area contributed by atoms with E-state index in [0.29, 0.717) is 0 Å². The average Bonchev–Trinajstić information content (AvgIpc) is 2.86. The number of halogens is 1. The van der Waals surface area contributed by atoms with E-state index in [-0.39, 0.29) is 5.82 Å². The van der Waals surface area contributed by atoms with Gasteiger partial charge in [0.25, 0.3) is 0 Å². The number of hydrogen-bond acceptors (Lipinski definition) is 3. The van der Waals surface area contributed by atoms with Crippen LogP contribution >= 0.6 is 11.8 Å². The number of aromatic nitrogens is 3. The van der Waals surface area contributed by atoms with Gasteiger partial charge < -0.3 is 4.57 Å². The van der Waals surface area contributed by atoms with Gasteiger partial charge in [0.05, 0.1) is 0 Å². The highest BCUT2D eigenvalue weighted by atomic mass is 32.2. The third-order valence-corrected chi connectivity index (χ3v) is 4.68. The molecular weight excluding hydrogens is 309 g/mol. The molecule has 0 saturated carbocycles. The molecule has 0 bridgehead atoms. The molecule has 0 radical (unpaired) electrons. The predicted octanol–water partition coefficient (Wildman–Crippen LogP) is 4.53. The summed E-state index contributed by atoms with van der Waals surface area (Å²) in [5.41, 5.74) is 4.68. The average molecular weight is 327 g/mol. The minimum absolute atomic E-state index is 0.250. The quantitative estimate of drug-likeness (QED) is 0.660. The zero-order valence-electron chi connectivity index (χ0n) is 13.4. The van der Waals surface area contributed by atoms with Gasteiger partial charge in [0.2, 0.25) is 0 Å². The van der Waals surface area contributed by atoms with Crippen LogP contribution < -0.4 is 0 Å². The summed E-state index contributed by atoms with van der Waals surface area (Å²) >= 11 is 1.65. The fraction of sp³-hybridized carbons (Fsp3) is 0.222. The van der Waals surface area contributed by atoms with Crippen molar-refractivity contribution in [1.82, 2.24) is 14.8 Å². The zero-order valence-corrected chi connectivity index (χ0v) is 14.2. The van der Waals surface area contributed by atoms with E-state index in [1.807, 2.05) is 11.6 Å². The Labute approximate surface area is 139 Å². The number of benzene rings is 2. The van der Waals surface area contributed by atoms with Gasteiger partial charge in [-0.15, -0.1) is 10.2 Å². The minimum atomic E-state index is -0.250. The van der Waals surface area contributed by atoms with Crippen molar-refractivity contribution in [2.75, 3.05) is 0 Å². The second-order valence-electron chi connectivity index (χ2n) is 5.66. The molecule has 0 aliphatic rings. The lowest BCUT2D eigenvalue weighted by molar-refractivity contribution is 0.628. The van der Waals surface area contributed by atoms with Crippen molar-refractivity contribution >= 4 is 11.8 Å². The van der Waals surface area contributed by atoms with Gasteiger partial charge in [-0.05, 0) is 43.7 Å². The maximum absolute atomic E-state index is 13.0. The Morgan fingerprint density at radius 1 is 1.00 bits per heavy atom. The first kappa shape index (κ1) is 15.7. The van der Waals surface area contributed by atoms with Crippen LogP contribution in [0.4, 0.5) is 4.39 Å². The second kappa shape index (κ2) is 6.54. The first-order valence-corrected chi connectivity index (χ1v) is 8.37. The summed E-state index contributed by atoms with van der Waals surface area (Å²) in [6.07, 6.45) is 0. The maximum atomic E-state index is 13.0. The molecule has 1 aromatic heterocycles. The molecule has 0 aliphatic carbocycles. The Kier molecular flexibility index (Phi) is 4.48. The molecule has 0 amide bonds. The molecule has 0 fully saturated rings. The van der Waals surface area contributed by atoms with E-state index in [0.717, 1.165) is 22.3 Å². The smallest absolute Gasteiger partial charge is 0.191 e. The van der Waals surface area contributed by atoms with Gasteiger partial charge in [0, 0.05) is 18.4 Å². The summed E-state index contributed by atoms with van der Waals surface area (Å²) < 4.78 is 15.0. The fourth-order valence-electron chi connectivity index (χ4n) is 2.59. The van der Waals surface area contributed by atoms with Crippen LogP contribution in [0.15, 0.2) is 47.6 Å². The van der Waals surface area contributed by atoms with Crippen LogP contribution in [0.5, 0.6) is 0 Å². The van der Waals surface area contributed by atoms with Crippen molar-refractivity contribution < 1.29 is 4.39 Å². The van der Waals surface area contributed by atoms with Crippen molar-refractivity contribution in [2.45, 2.75) is 24.8 Å². The molecule has 0 spiro atoms. The summed E-state index contributed by atoms with van der Waals surface area (Å²) in [7, 11) is 1.93. The highest BCUT2D eigenvalue weighted by Gasteiger charge is 2.11. The Balaban J connectivity index is 1.78. The van der Waals surface area contributed by atoms with Crippen LogP contribution in [-0.4, -0.2) is 14.8 Å². The minimum Gasteiger partial charge on any atom is -0.305 e. The van der Waals surface area contributed by atoms with Crippen LogP contribution in [0.3, 0.4) is 0 Å². The summed E-state index contributed by atoms with van der Waals surface area (Å²) in [5.74, 6) is 1.34. The molecule has 3 nitrogen and oxygen atoms in total. The van der Waals surface area contributed by atoms with Crippen molar-refractivity contribution in [1.29, 1.82) is 0 Å². The summed E-state index contributed by atoms with van der Waals surface area (Å²) in [6, 6.07) is 12.9. The zero-order chi connectivity index (χ0) is 16.4. The van der Waals surface area contributed by atoms with Gasteiger partial charge in [0.15, 0.2) is 11.0 Å². The lowest BCUT2D eigenvalue weighted by atomic mass is 10.1. The summed E-state index contributed by atoms with van der Waals surface area (Å²) in [4.78, 5) is 0. The van der Waals surface area contributed by atoms with Crippen LogP contribution in [0.25, 0.3) is 11.4 Å². The molecule has 0 atom stereocenters. The Bertz CT molecular complexity index is 805. The summed E-state index contributed by atoms with van der Waals surface area (Å²) in [6.45, 7) is 4.21. The number of hydrogen-bond donors (Lipinski definition) is 0. The fourth-order valence-corrected chi connectivity index (χ4v) is 3.43. The van der Waals surface area contributed by atoms with Crippen LogP contribution in [0, 0.1) is 19.7 Å². The van der Waals surface area contributed by atoms with E-state index in [1.54, 1.807) is 23.9 Å². The van der Waals surface area contributed by atoms with E-state index >= 15 is 0 Å². The standard InChI is InChI=1S/C18H18FN3S/c1-12-8-13(2)10-14(9-12)11-23-18-21-20-17(22(18)3)15-4-6-16(19)7-5-15/h4-10H,11H2,1-3H3. The molecule has 118 valence electrons. The molecular formula is C18H18FN3S. The van der Waals surface area contributed by atoms with Gasteiger partial charge in [-0.3, -0.25) is 0 Å². The molecule has 2 aromatic carbocycles. The molecule has 5 heteroatoms. The van der Waals surface area contributed by atoms with Crippen LogP contribution in [0.1, 0.15) is 16.7 Å². The van der Waals surface area contributed by atoms with Crippen molar-refractivity contribution in [3.8, 4) is 11.4 Å². The summed E-state index contributed by atoms with van der Waals surface area (Å²) in [5, 5.41) is 9.34. The number of nitrogens with zero attached hydrogens (tertiary/aromatic N) is 3. The van der Waals surface area contributed by atoms with Gasteiger partial charge in [-0.2, -0.15) is 0 Å². The Morgan fingerprint density at radius 3 is 2.30 bits per heavy atom. The molecule has 0 aliphatic heterocycles. The number of aryl methyl sites for hydroxylation is 2. The topological polar surface area (TPSA) is 30.7 Å². The molecule has 3 aromatic rings. The van der Waals surface area contributed by atoms with Gasteiger partial charge in [-0.1, -0.05) is 41.1 Å². The largest absolute Gasteiger partial charge is 0.305 e. The number of rotatable bonds is 4. The molecule has 23 heavy (non-hydrogen) atoms. The van der Waals surface area contributed by atoms with E-state index < -0.39 is 0 Å². The SMILES string of the molecule is Cc1cc(C)cc(CSc2nnc(-c3ccc(F)cc3)n2C)c1. The molecule has 1 heterocycles. The first-order chi connectivity index (χ1) is 11.0. The van der Waals surface area contributed by atoms with Gasteiger partial charge >= 0.3 is 0 Å². The van der Waals surface area contributed by atoms with E-state index in [4.69, 9.17) is 0 Å². The third kappa shape index (κ3) is 3.62. The lowest BCUT2D eigenvalue weighted by Gasteiger charge is -2.06. The predicted molar refractivity (Wildman–Crippen MR) is 91.9 cm³/mol. The van der Waals surface area contributed by atoms with E-state index in [1.165, 1.54) is 28.8 Å². The van der Waals surface area contributed by atoms with Crippen LogP contribution in [-0.2, 0) is 12.8 Å². The maximum Gasteiger partial charge on any atom is 0.191 e. The van der Waals surface area contributed by atoms with Gasteiger partial charge in [-0.25, -0.2) is 4.39 Å². The highest BCUT2D eigenvalue weighted by molar-refractivity contribution is 7.98. The normalized spacial score (nSPS) is 11.0. The molecule has 0 N–H and O–H groups in total. The van der Waals surface area contributed by atoms with Gasteiger partial charge in [0.1, 0.15) is 5.82 Å². The first-order valence-electron chi connectivity index (χ1n) is 7.38. The Morgan fingerprint density at radius 2 is 1.65 bits per heavy atom. The monoisotopic (exact) mass is 327 g/mol. The Hall–Kier alpha value is -2.14. The van der Waals surface area contributed by atoms with Crippen molar-refractivity contribution in [3.63, 3.8) is 0 Å². The van der Waals surface area contributed by atoms with E-state index in [9.17, 15) is 4.39 Å².